The van der Waals surface area contributed by atoms with Gasteiger partial charge < -0.3 is 19.2 Å². The molecule has 0 saturated carbocycles. The molecule has 0 amide bonds. The van der Waals surface area contributed by atoms with Gasteiger partial charge in [0.1, 0.15) is 5.52 Å². The first kappa shape index (κ1) is 20.8. The third-order valence-electron chi connectivity index (χ3n) is 4.42. The summed E-state index contributed by atoms with van der Waals surface area (Å²) < 4.78 is 44.2. The minimum absolute atomic E-state index is 0.0332. The molecule has 0 aliphatic heterocycles. The van der Waals surface area contributed by atoms with Gasteiger partial charge in [0, 0.05) is 11.8 Å². The van der Waals surface area contributed by atoms with Gasteiger partial charge >= 0.3 is 0 Å². The first-order chi connectivity index (χ1) is 14.9. The highest BCUT2D eigenvalue weighted by molar-refractivity contribution is 7.92. The van der Waals surface area contributed by atoms with Crippen LogP contribution in [-0.4, -0.2) is 27.6 Å². The molecule has 4 aromatic rings. The lowest BCUT2D eigenvalue weighted by Crippen LogP contribution is -2.13. The molecule has 0 fully saturated rings. The molecule has 0 unspecified atom stereocenters. The Morgan fingerprint density at radius 3 is 2.48 bits per heavy atom. The van der Waals surface area contributed by atoms with Gasteiger partial charge in [-0.3, -0.25) is 4.72 Å². The quantitative estimate of drug-likeness (QED) is 0.399. The Balaban J connectivity index is 1.60. The number of rotatable bonds is 7. The molecular formula is C21H18ClN3O5S. The lowest BCUT2D eigenvalue weighted by atomic mass is 10.3. The smallest absolute Gasteiger partial charge is 0.300 e. The number of nitrogens with zero attached hydrogens (tertiary/aromatic N) is 1. The van der Waals surface area contributed by atoms with Crippen molar-refractivity contribution in [2.45, 2.75) is 4.90 Å². The zero-order chi connectivity index (χ0) is 22.0. The monoisotopic (exact) mass is 459 g/mol. The van der Waals surface area contributed by atoms with Crippen molar-refractivity contribution in [3.63, 3.8) is 0 Å². The van der Waals surface area contributed by atoms with E-state index >= 15 is 0 Å². The summed E-state index contributed by atoms with van der Waals surface area (Å²) in [5.74, 6) is 1.13. The van der Waals surface area contributed by atoms with E-state index in [4.69, 9.17) is 25.5 Å². The van der Waals surface area contributed by atoms with E-state index in [1.54, 1.807) is 62.8 Å². The molecule has 0 saturated heterocycles. The van der Waals surface area contributed by atoms with E-state index in [1.807, 2.05) is 0 Å². The number of hydrogen-bond donors (Lipinski definition) is 2. The van der Waals surface area contributed by atoms with Gasteiger partial charge in [0.05, 0.1) is 29.8 Å². The topological polar surface area (TPSA) is 103 Å². The standard InChI is InChI=1S/C21H18ClN3O5S/c1-28-19-9-7-13(11-20(19)29-2)23-21-24-17-12-14(8-10-18(17)30-21)31(26,27)25-16-6-4-3-5-15(16)22/h3-12,25H,1-2H3,(H,23,24). The Morgan fingerprint density at radius 1 is 0.968 bits per heavy atom. The van der Waals surface area contributed by atoms with Gasteiger partial charge in [-0.25, -0.2) is 8.42 Å². The molecule has 31 heavy (non-hydrogen) atoms. The van der Waals surface area contributed by atoms with Crippen LogP contribution in [0, 0.1) is 0 Å². The molecule has 3 aromatic carbocycles. The highest BCUT2D eigenvalue weighted by Crippen LogP contribution is 2.32. The molecule has 0 spiro atoms. The molecule has 0 aliphatic rings. The number of sulfonamides is 1. The zero-order valence-electron chi connectivity index (χ0n) is 16.5. The molecular weight excluding hydrogens is 442 g/mol. The number of halogens is 1. The minimum atomic E-state index is -3.86. The molecule has 160 valence electrons. The lowest BCUT2D eigenvalue weighted by Gasteiger charge is -2.09. The number of nitrogens with one attached hydrogen (secondary N) is 2. The summed E-state index contributed by atoms with van der Waals surface area (Å²) in [7, 11) is -0.766. The number of oxazole rings is 1. The fourth-order valence-corrected chi connectivity index (χ4v) is 4.25. The molecule has 0 bridgehead atoms. The van der Waals surface area contributed by atoms with Gasteiger partial charge in [-0.2, -0.15) is 4.98 Å². The van der Waals surface area contributed by atoms with Crippen LogP contribution >= 0.6 is 11.6 Å². The number of para-hydroxylation sites is 1. The van der Waals surface area contributed by atoms with Crippen LogP contribution in [0.25, 0.3) is 11.1 Å². The second-order valence-corrected chi connectivity index (χ2v) is 8.52. The van der Waals surface area contributed by atoms with Crippen LogP contribution in [0.2, 0.25) is 5.02 Å². The van der Waals surface area contributed by atoms with E-state index in [0.29, 0.717) is 39.0 Å². The molecule has 10 heteroatoms. The number of hydrogen-bond acceptors (Lipinski definition) is 7. The summed E-state index contributed by atoms with van der Waals surface area (Å²) >= 11 is 6.05. The van der Waals surface area contributed by atoms with Crippen molar-refractivity contribution in [3.05, 3.63) is 65.7 Å². The Morgan fingerprint density at radius 2 is 1.74 bits per heavy atom. The van der Waals surface area contributed by atoms with Crippen molar-refractivity contribution in [1.82, 2.24) is 4.98 Å². The average molecular weight is 460 g/mol. The van der Waals surface area contributed by atoms with Crippen molar-refractivity contribution < 1.29 is 22.3 Å². The van der Waals surface area contributed by atoms with E-state index in [-0.39, 0.29) is 10.9 Å². The summed E-state index contributed by atoms with van der Waals surface area (Å²) in [6.45, 7) is 0. The summed E-state index contributed by atoms with van der Waals surface area (Å²) in [4.78, 5) is 4.37. The van der Waals surface area contributed by atoms with Gasteiger partial charge in [-0.15, -0.1) is 0 Å². The molecule has 8 nitrogen and oxygen atoms in total. The largest absolute Gasteiger partial charge is 0.493 e. The fourth-order valence-electron chi connectivity index (χ4n) is 2.91. The molecule has 1 heterocycles. The first-order valence-corrected chi connectivity index (χ1v) is 10.9. The molecule has 0 aliphatic carbocycles. The van der Waals surface area contributed by atoms with Crippen LogP contribution in [-0.2, 0) is 10.0 Å². The van der Waals surface area contributed by atoms with Gasteiger partial charge in [-0.1, -0.05) is 23.7 Å². The van der Waals surface area contributed by atoms with E-state index < -0.39 is 10.0 Å². The number of benzene rings is 3. The number of ether oxygens (including phenoxy) is 2. The molecule has 1 aromatic heterocycles. The van der Waals surface area contributed by atoms with E-state index in [2.05, 4.69) is 15.0 Å². The predicted molar refractivity (Wildman–Crippen MR) is 119 cm³/mol. The lowest BCUT2D eigenvalue weighted by molar-refractivity contribution is 0.355. The van der Waals surface area contributed by atoms with Crippen LogP contribution in [0.15, 0.2) is 70.0 Å². The maximum atomic E-state index is 12.8. The predicted octanol–water partition coefficient (Wildman–Crippen LogP) is 5.04. The average Bonchev–Trinajstić information content (AvgIpc) is 3.16. The normalized spacial score (nSPS) is 11.3. The molecule has 2 N–H and O–H groups in total. The first-order valence-electron chi connectivity index (χ1n) is 9.06. The number of methoxy groups -OCH3 is 2. The zero-order valence-corrected chi connectivity index (χ0v) is 18.1. The second-order valence-electron chi connectivity index (χ2n) is 6.43. The molecule has 4 rings (SSSR count). The van der Waals surface area contributed by atoms with Gasteiger partial charge in [0.25, 0.3) is 16.0 Å². The Bertz CT molecular complexity index is 1350. The molecule has 0 radical (unpaired) electrons. The van der Waals surface area contributed by atoms with Crippen molar-refractivity contribution in [3.8, 4) is 11.5 Å². The van der Waals surface area contributed by atoms with Crippen molar-refractivity contribution in [2.75, 3.05) is 24.3 Å². The summed E-state index contributed by atoms with van der Waals surface area (Å²) in [5.41, 5.74) is 1.77. The highest BCUT2D eigenvalue weighted by Gasteiger charge is 2.18. The minimum Gasteiger partial charge on any atom is -0.493 e. The van der Waals surface area contributed by atoms with Gasteiger partial charge in [0.15, 0.2) is 17.1 Å². The van der Waals surface area contributed by atoms with E-state index in [0.717, 1.165) is 0 Å². The van der Waals surface area contributed by atoms with Crippen LogP contribution in [0.5, 0.6) is 11.5 Å². The van der Waals surface area contributed by atoms with Crippen molar-refractivity contribution >= 4 is 50.1 Å². The summed E-state index contributed by atoms with van der Waals surface area (Å²) in [6, 6.07) is 16.5. The van der Waals surface area contributed by atoms with Crippen molar-refractivity contribution in [1.29, 1.82) is 0 Å². The van der Waals surface area contributed by atoms with Gasteiger partial charge in [0.2, 0.25) is 0 Å². The Kier molecular flexibility index (Phi) is 5.62. The Labute approximate surface area is 183 Å². The van der Waals surface area contributed by atoms with Crippen molar-refractivity contribution in [2.24, 2.45) is 0 Å². The number of aromatic nitrogens is 1. The van der Waals surface area contributed by atoms with Gasteiger partial charge in [-0.05, 0) is 42.5 Å². The van der Waals surface area contributed by atoms with Crippen LogP contribution in [0.3, 0.4) is 0 Å². The number of fused-ring (bicyclic) bond motifs is 1. The molecule has 0 atom stereocenters. The Hall–Kier alpha value is -3.43. The van der Waals surface area contributed by atoms with E-state index in [1.165, 1.54) is 12.1 Å². The third-order valence-corrected chi connectivity index (χ3v) is 6.12. The van der Waals surface area contributed by atoms with Crippen LogP contribution in [0.1, 0.15) is 0 Å². The highest BCUT2D eigenvalue weighted by atomic mass is 35.5. The van der Waals surface area contributed by atoms with E-state index in [9.17, 15) is 8.42 Å². The van der Waals surface area contributed by atoms with Crippen LogP contribution in [0.4, 0.5) is 17.4 Å². The maximum absolute atomic E-state index is 12.8. The fraction of sp³-hybridized carbons (Fsp3) is 0.0952. The summed E-state index contributed by atoms with van der Waals surface area (Å²) in [5, 5.41) is 3.33. The summed E-state index contributed by atoms with van der Waals surface area (Å²) in [6.07, 6.45) is 0. The number of anilines is 3. The maximum Gasteiger partial charge on any atom is 0.300 e. The van der Waals surface area contributed by atoms with Crippen LogP contribution < -0.4 is 19.5 Å². The third kappa shape index (κ3) is 4.37. The second kappa shape index (κ2) is 8.37. The SMILES string of the molecule is COc1ccc(Nc2nc3cc(S(=O)(=O)Nc4ccccc4Cl)ccc3o2)cc1OC.